The van der Waals surface area contributed by atoms with Crippen LogP contribution in [0.3, 0.4) is 0 Å². The van der Waals surface area contributed by atoms with Gasteiger partial charge in [-0.1, -0.05) is 31.5 Å². The van der Waals surface area contributed by atoms with E-state index in [1.54, 1.807) is 44.7 Å². The lowest BCUT2D eigenvalue weighted by Gasteiger charge is -2.17. The molecule has 0 aliphatic carbocycles. The first-order chi connectivity index (χ1) is 13.2. The molecule has 142 valence electrons. The van der Waals surface area contributed by atoms with Crippen LogP contribution in [0.1, 0.15) is 34.8 Å². The minimum atomic E-state index is -0.296. The Kier molecular flexibility index (Phi) is 5.80. The van der Waals surface area contributed by atoms with Gasteiger partial charge in [0.05, 0.1) is 20.4 Å². The topological polar surface area (TPSA) is 78.4 Å². The fraction of sp³-hybridized carbons (Fsp3) is 0.300. The summed E-state index contributed by atoms with van der Waals surface area (Å²) in [5.74, 6) is 1.81. The Labute approximate surface area is 157 Å². The molecule has 1 amide bonds. The van der Waals surface area contributed by atoms with Crippen molar-refractivity contribution in [2.24, 2.45) is 5.10 Å². The van der Waals surface area contributed by atoms with Gasteiger partial charge in [0.15, 0.2) is 11.5 Å². The summed E-state index contributed by atoms with van der Waals surface area (Å²) >= 11 is 0. The van der Waals surface area contributed by atoms with Crippen molar-refractivity contribution in [3.63, 3.8) is 0 Å². The molecular weight excluding hydrogens is 348 g/mol. The molecule has 0 aromatic heterocycles. The van der Waals surface area contributed by atoms with Crippen molar-refractivity contribution in [1.29, 1.82) is 0 Å². The van der Waals surface area contributed by atoms with E-state index >= 15 is 0 Å². The van der Waals surface area contributed by atoms with E-state index in [1.807, 2.05) is 6.07 Å². The summed E-state index contributed by atoms with van der Waals surface area (Å²) in [6, 6.07) is 8.88. The number of rotatable bonds is 7. The number of carbonyl (C=O) groups is 1. The van der Waals surface area contributed by atoms with Gasteiger partial charge in [0.1, 0.15) is 0 Å². The lowest BCUT2D eigenvalue weighted by atomic mass is 10.00. The summed E-state index contributed by atoms with van der Waals surface area (Å²) in [6.45, 7) is 2.16. The molecule has 1 aliphatic rings. The third-order valence-corrected chi connectivity index (χ3v) is 4.17. The van der Waals surface area contributed by atoms with E-state index in [2.05, 4.69) is 17.5 Å². The van der Waals surface area contributed by atoms with Gasteiger partial charge < -0.3 is 18.9 Å². The maximum absolute atomic E-state index is 12.2. The second-order valence-corrected chi connectivity index (χ2v) is 5.84. The van der Waals surface area contributed by atoms with Crippen LogP contribution < -0.4 is 24.4 Å². The molecule has 0 radical (unpaired) electrons. The Morgan fingerprint density at radius 3 is 2.44 bits per heavy atom. The first-order valence-corrected chi connectivity index (χ1v) is 8.66. The summed E-state index contributed by atoms with van der Waals surface area (Å²) in [5.41, 5.74) is 4.64. The van der Waals surface area contributed by atoms with E-state index < -0.39 is 0 Å². The van der Waals surface area contributed by atoms with Gasteiger partial charge >= 0.3 is 0 Å². The van der Waals surface area contributed by atoms with Crippen LogP contribution >= 0.6 is 0 Å². The number of nitrogens with one attached hydrogen (secondary N) is 1. The van der Waals surface area contributed by atoms with E-state index in [0.717, 1.165) is 18.4 Å². The second-order valence-electron chi connectivity index (χ2n) is 5.84. The number of carbonyl (C=O) groups excluding carboxylic acids is 1. The van der Waals surface area contributed by atoms with E-state index in [4.69, 9.17) is 18.9 Å². The van der Waals surface area contributed by atoms with Gasteiger partial charge in [0, 0.05) is 16.7 Å². The molecule has 1 N–H and O–H groups in total. The van der Waals surface area contributed by atoms with Gasteiger partial charge in [0.25, 0.3) is 5.91 Å². The molecule has 27 heavy (non-hydrogen) atoms. The monoisotopic (exact) mass is 370 g/mol. The summed E-state index contributed by atoms with van der Waals surface area (Å²) in [6.07, 6.45) is 3.16. The zero-order chi connectivity index (χ0) is 19.2. The molecule has 2 aromatic carbocycles. The smallest absolute Gasteiger partial charge is 0.271 e. The van der Waals surface area contributed by atoms with Crippen LogP contribution in [0.15, 0.2) is 35.4 Å². The zero-order valence-electron chi connectivity index (χ0n) is 15.6. The highest BCUT2D eigenvalue weighted by molar-refractivity contribution is 5.96. The van der Waals surface area contributed by atoms with Crippen LogP contribution in [0.25, 0.3) is 0 Å². The van der Waals surface area contributed by atoms with Gasteiger partial charge in [-0.05, 0) is 18.6 Å². The molecule has 3 rings (SSSR count). The van der Waals surface area contributed by atoms with Crippen molar-refractivity contribution in [3.8, 4) is 23.0 Å². The highest BCUT2D eigenvalue weighted by atomic mass is 16.7. The third-order valence-electron chi connectivity index (χ3n) is 4.17. The summed E-state index contributed by atoms with van der Waals surface area (Å²) < 4.78 is 22.2. The molecule has 7 nitrogen and oxygen atoms in total. The fourth-order valence-electron chi connectivity index (χ4n) is 3.00. The molecule has 1 heterocycles. The number of fused-ring (bicyclic) bond motifs is 1. The minimum absolute atomic E-state index is 0.0962. The van der Waals surface area contributed by atoms with E-state index in [0.29, 0.717) is 34.1 Å². The SMILES string of the molecule is CCCc1c(/C=N\NC(=O)c2ccccc2)c(OC)c2c(c1OC)OCO2. The Hall–Kier alpha value is -3.22. The average Bonchev–Trinajstić information content (AvgIpc) is 3.18. The first-order valence-electron chi connectivity index (χ1n) is 8.66. The van der Waals surface area contributed by atoms with E-state index in [9.17, 15) is 4.79 Å². The molecule has 0 atom stereocenters. The number of benzene rings is 2. The Balaban J connectivity index is 1.97. The van der Waals surface area contributed by atoms with Crippen molar-refractivity contribution in [1.82, 2.24) is 5.43 Å². The minimum Gasteiger partial charge on any atom is -0.492 e. The number of hydrogen-bond donors (Lipinski definition) is 1. The molecule has 0 fully saturated rings. The highest BCUT2D eigenvalue weighted by Crippen LogP contribution is 2.51. The van der Waals surface area contributed by atoms with Crippen molar-refractivity contribution in [2.75, 3.05) is 21.0 Å². The normalized spacial score (nSPS) is 12.3. The van der Waals surface area contributed by atoms with Crippen molar-refractivity contribution >= 4 is 12.1 Å². The fourth-order valence-corrected chi connectivity index (χ4v) is 3.00. The molecule has 1 aliphatic heterocycles. The van der Waals surface area contributed by atoms with Crippen molar-refractivity contribution in [2.45, 2.75) is 19.8 Å². The van der Waals surface area contributed by atoms with Gasteiger partial charge in [0.2, 0.25) is 18.3 Å². The second kappa shape index (κ2) is 8.44. The molecule has 0 bridgehead atoms. The molecule has 2 aromatic rings. The molecule has 0 spiro atoms. The number of amides is 1. The number of nitrogens with zero attached hydrogens (tertiary/aromatic N) is 1. The van der Waals surface area contributed by atoms with Crippen LogP contribution in [-0.4, -0.2) is 33.1 Å². The maximum Gasteiger partial charge on any atom is 0.271 e. The molecule has 0 saturated carbocycles. The van der Waals surface area contributed by atoms with Crippen LogP contribution in [-0.2, 0) is 6.42 Å². The first kappa shape index (κ1) is 18.6. The average molecular weight is 370 g/mol. The van der Waals surface area contributed by atoms with Crippen molar-refractivity contribution in [3.05, 3.63) is 47.0 Å². The summed E-state index contributed by atoms with van der Waals surface area (Å²) in [4.78, 5) is 12.2. The van der Waals surface area contributed by atoms with Crippen LogP contribution in [0.4, 0.5) is 0 Å². The Morgan fingerprint density at radius 1 is 1.15 bits per heavy atom. The molecule has 0 unspecified atom stereocenters. The highest BCUT2D eigenvalue weighted by Gasteiger charge is 2.30. The molecule has 7 heteroatoms. The number of hydrogen-bond acceptors (Lipinski definition) is 6. The van der Waals surface area contributed by atoms with E-state index in [-0.39, 0.29) is 12.7 Å². The summed E-state index contributed by atoms with van der Waals surface area (Å²) in [7, 11) is 3.14. The quantitative estimate of drug-likeness (QED) is 0.598. The van der Waals surface area contributed by atoms with Gasteiger partial charge in [-0.3, -0.25) is 4.79 Å². The largest absolute Gasteiger partial charge is 0.492 e. The van der Waals surface area contributed by atoms with Gasteiger partial charge in [-0.15, -0.1) is 0 Å². The summed E-state index contributed by atoms with van der Waals surface area (Å²) in [5, 5.41) is 4.11. The van der Waals surface area contributed by atoms with E-state index in [1.165, 1.54) is 0 Å². The maximum atomic E-state index is 12.2. The Morgan fingerprint density at radius 2 is 1.81 bits per heavy atom. The standard InChI is InChI=1S/C20H22N2O5/c1-4-8-14-15(11-21-22-20(23)13-9-6-5-7-10-13)17(25-3)19-18(16(14)24-2)26-12-27-19/h5-7,9-11H,4,8,12H2,1-3H3,(H,22,23)/b21-11-. The number of hydrazone groups is 1. The van der Waals surface area contributed by atoms with Crippen LogP contribution in [0.2, 0.25) is 0 Å². The number of ether oxygens (including phenoxy) is 4. The molecular formula is C20H22N2O5. The third kappa shape index (κ3) is 3.67. The molecule has 0 saturated heterocycles. The lowest BCUT2D eigenvalue weighted by Crippen LogP contribution is -2.17. The Bertz CT molecular complexity index is 849. The predicted molar refractivity (Wildman–Crippen MR) is 101 cm³/mol. The van der Waals surface area contributed by atoms with Crippen molar-refractivity contribution < 1.29 is 23.7 Å². The predicted octanol–water partition coefficient (Wildman–Crippen LogP) is 3.15. The lowest BCUT2D eigenvalue weighted by molar-refractivity contribution is 0.0955. The van der Waals surface area contributed by atoms with Crippen LogP contribution in [0, 0.1) is 0 Å². The van der Waals surface area contributed by atoms with Crippen LogP contribution in [0.5, 0.6) is 23.0 Å². The number of methoxy groups -OCH3 is 2. The van der Waals surface area contributed by atoms with Gasteiger partial charge in [-0.2, -0.15) is 5.10 Å². The van der Waals surface area contributed by atoms with Gasteiger partial charge in [-0.25, -0.2) is 5.43 Å². The zero-order valence-corrected chi connectivity index (χ0v) is 15.6.